The highest BCUT2D eigenvalue weighted by atomic mass is 16.6. The molecule has 0 saturated heterocycles. The summed E-state index contributed by atoms with van der Waals surface area (Å²) in [5, 5.41) is 0. The molecular weight excluding hydrogens is 258 g/mol. The van der Waals surface area contributed by atoms with Gasteiger partial charge in [0.2, 0.25) is 0 Å². The standard InChI is InChI=1S/C15H25NO4/c1-17-8-9-19-12-13-20-11-10-18-7-6-14-2-4-15(16)5-3-14/h2-5H,6-13,16H2,1H3. The van der Waals surface area contributed by atoms with E-state index in [1.54, 1.807) is 7.11 Å². The largest absolute Gasteiger partial charge is 0.399 e. The zero-order valence-electron chi connectivity index (χ0n) is 12.2. The van der Waals surface area contributed by atoms with Gasteiger partial charge in [-0.1, -0.05) is 12.1 Å². The van der Waals surface area contributed by atoms with Gasteiger partial charge in [0.1, 0.15) is 0 Å². The molecule has 0 radical (unpaired) electrons. The van der Waals surface area contributed by atoms with Gasteiger partial charge < -0.3 is 24.7 Å². The lowest BCUT2D eigenvalue weighted by atomic mass is 10.1. The Balaban J connectivity index is 1.84. The number of hydrogen-bond donors (Lipinski definition) is 1. The average Bonchev–Trinajstić information content (AvgIpc) is 2.47. The van der Waals surface area contributed by atoms with Crippen molar-refractivity contribution in [3.05, 3.63) is 29.8 Å². The molecular formula is C15H25NO4. The molecule has 0 saturated carbocycles. The first-order valence-electron chi connectivity index (χ1n) is 6.89. The number of nitrogens with two attached hydrogens (primary N) is 1. The van der Waals surface area contributed by atoms with E-state index in [-0.39, 0.29) is 0 Å². The highest BCUT2D eigenvalue weighted by Crippen LogP contribution is 2.05. The molecule has 0 bridgehead atoms. The Bertz CT molecular complexity index is 329. The van der Waals surface area contributed by atoms with Gasteiger partial charge in [-0.2, -0.15) is 0 Å². The molecule has 0 atom stereocenters. The topological polar surface area (TPSA) is 62.9 Å². The SMILES string of the molecule is COCCOCCOCCOCCc1ccc(N)cc1. The van der Waals surface area contributed by atoms with Gasteiger partial charge in [-0.15, -0.1) is 0 Å². The van der Waals surface area contributed by atoms with Gasteiger partial charge in [-0.3, -0.25) is 0 Å². The second-order valence-corrected chi connectivity index (χ2v) is 4.32. The first-order chi connectivity index (χ1) is 9.83. The molecule has 20 heavy (non-hydrogen) atoms. The normalized spacial score (nSPS) is 10.8. The molecule has 0 unspecified atom stereocenters. The van der Waals surface area contributed by atoms with Crippen molar-refractivity contribution >= 4 is 5.69 Å². The predicted octanol–water partition coefficient (Wildman–Crippen LogP) is 1.51. The number of ether oxygens (including phenoxy) is 4. The van der Waals surface area contributed by atoms with Gasteiger partial charge in [0.25, 0.3) is 0 Å². The summed E-state index contributed by atoms with van der Waals surface area (Å²) in [5.41, 5.74) is 7.64. The van der Waals surface area contributed by atoms with Crippen LogP contribution < -0.4 is 5.73 Å². The van der Waals surface area contributed by atoms with Gasteiger partial charge in [0.15, 0.2) is 0 Å². The zero-order valence-corrected chi connectivity index (χ0v) is 12.2. The molecule has 0 spiro atoms. The lowest BCUT2D eigenvalue weighted by molar-refractivity contribution is 0.00406. The minimum atomic E-state index is 0.588. The van der Waals surface area contributed by atoms with Crippen LogP contribution in [0.5, 0.6) is 0 Å². The molecule has 1 aromatic rings. The van der Waals surface area contributed by atoms with Crippen LogP contribution in [0.3, 0.4) is 0 Å². The molecule has 2 N–H and O–H groups in total. The maximum Gasteiger partial charge on any atom is 0.0701 e. The third-order valence-electron chi connectivity index (χ3n) is 2.69. The molecule has 0 aliphatic rings. The molecule has 1 aromatic carbocycles. The van der Waals surface area contributed by atoms with E-state index in [2.05, 4.69) is 0 Å². The minimum Gasteiger partial charge on any atom is -0.399 e. The van der Waals surface area contributed by atoms with E-state index in [4.69, 9.17) is 24.7 Å². The average molecular weight is 283 g/mol. The third-order valence-corrected chi connectivity index (χ3v) is 2.69. The third kappa shape index (κ3) is 8.87. The van der Waals surface area contributed by atoms with Crippen molar-refractivity contribution < 1.29 is 18.9 Å². The fourth-order valence-electron chi connectivity index (χ4n) is 1.56. The predicted molar refractivity (Wildman–Crippen MR) is 78.9 cm³/mol. The van der Waals surface area contributed by atoms with E-state index < -0.39 is 0 Å². The van der Waals surface area contributed by atoms with Crippen LogP contribution in [0.2, 0.25) is 0 Å². The van der Waals surface area contributed by atoms with Crippen LogP contribution in [0, 0.1) is 0 Å². The number of hydrogen-bond acceptors (Lipinski definition) is 5. The van der Waals surface area contributed by atoms with Crippen molar-refractivity contribution in [1.82, 2.24) is 0 Å². The lowest BCUT2D eigenvalue weighted by Crippen LogP contribution is -2.12. The van der Waals surface area contributed by atoms with Gasteiger partial charge >= 0.3 is 0 Å². The van der Waals surface area contributed by atoms with Gasteiger partial charge in [0, 0.05) is 12.8 Å². The Hall–Kier alpha value is -1.14. The molecule has 0 heterocycles. The minimum absolute atomic E-state index is 0.588. The Morgan fingerprint density at radius 2 is 1.25 bits per heavy atom. The molecule has 114 valence electrons. The van der Waals surface area contributed by atoms with E-state index in [1.807, 2.05) is 24.3 Å². The molecule has 0 fully saturated rings. The zero-order chi connectivity index (χ0) is 14.5. The Morgan fingerprint density at radius 1 is 0.750 bits per heavy atom. The van der Waals surface area contributed by atoms with Crippen LogP contribution in [-0.2, 0) is 25.4 Å². The summed E-state index contributed by atoms with van der Waals surface area (Å²) in [7, 11) is 1.65. The fourth-order valence-corrected chi connectivity index (χ4v) is 1.56. The van der Waals surface area contributed by atoms with Gasteiger partial charge in [0.05, 0.1) is 46.2 Å². The fraction of sp³-hybridized carbons (Fsp3) is 0.600. The first-order valence-corrected chi connectivity index (χ1v) is 6.89. The highest BCUT2D eigenvalue weighted by molar-refractivity contribution is 5.39. The van der Waals surface area contributed by atoms with Crippen molar-refractivity contribution in [2.24, 2.45) is 0 Å². The summed E-state index contributed by atoms with van der Waals surface area (Å²) >= 11 is 0. The van der Waals surface area contributed by atoms with Crippen molar-refractivity contribution in [1.29, 1.82) is 0 Å². The molecule has 0 aromatic heterocycles. The smallest absolute Gasteiger partial charge is 0.0701 e. The van der Waals surface area contributed by atoms with Gasteiger partial charge in [-0.25, -0.2) is 0 Å². The van der Waals surface area contributed by atoms with E-state index >= 15 is 0 Å². The number of benzene rings is 1. The van der Waals surface area contributed by atoms with Crippen molar-refractivity contribution in [3.8, 4) is 0 Å². The summed E-state index contributed by atoms with van der Waals surface area (Å²) in [6, 6.07) is 7.85. The molecule has 0 amide bonds. The molecule has 5 nitrogen and oxygen atoms in total. The van der Waals surface area contributed by atoms with Crippen molar-refractivity contribution in [2.75, 3.05) is 59.1 Å². The van der Waals surface area contributed by atoms with Crippen molar-refractivity contribution in [3.63, 3.8) is 0 Å². The maximum atomic E-state index is 5.62. The highest BCUT2D eigenvalue weighted by Gasteiger charge is 1.94. The molecule has 0 aliphatic carbocycles. The Morgan fingerprint density at radius 3 is 1.80 bits per heavy atom. The summed E-state index contributed by atoms with van der Waals surface area (Å²) in [6.07, 6.45) is 0.889. The van der Waals surface area contributed by atoms with E-state index in [9.17, 15) is 0 Å². The van der Waals surface area contributed by atoms with E-state index in [0.29, 0.717) is 46.2 Å². The number of rotatable bonds is 12. The van der Waals surface area contributed by atoms with Crippen LogP contribution in [0.4, 0.5) is 5.69 Å². The van der Waals surface area contributed by atoms with Crippen molar-refractivity contribution in [2.45, 2.75) is 6.42 Å². The number of nitrogen functional groups attached to an aromatic ring is 1. The number of methoxy groups -OCH3 is 1. The number of anilines is 1. The summed E-state index contributed by atoms with van der Waals surface area (Å²) in [5.74, 6) is 0. The van der Waals surface area contributed by atoms with E-state index in [0.717, 1.165) is 12.1 Å². The molecule has 0 aliphatic heterocycles. The van der Waals surface area contributed by atoms with Gasteiger partial charge in [-0.05, 0) is 24.1 Å². The van der Waals surface area contributed by atoms with Crippen LogP contribution in [-0.4, -0.2) is 53.4 Å². The first kappa shape index (κ1) is 16.9. The quantitative estimate of drug-likeness (QED) is 0.465. The Kier molecular flexibility index (Phi) is 9.87. The summed E-state index contributed by atoms with van der Waals surface area (Å²) in [6.45, 7) is 4.30. The van der Waals surface area contributed by atoms with Crippen LogP contribution in [0.15, 0.2) is 24.3 Å². The van der Waals surface area contributed by atoms with Crippen LogP contribution >= 0.6 is 0 Å². The molecule has 5 heteroatoms. The Labute approximate surface area is 121 Å². The monoisotopic (exact) mass is 283 g/mol. The van der Waals surface area contributed by atoms with E-state index in [1.165, 1.54) is 5.56 Å². The second kappa shape index (κ2) is 11.7. The second-order valence-electron chi connectivity index (χ2n) is 4.32. The van der Waals surface area contributed by atoms with Crippen LogP contribution in [0.25, 0.3) is 0 Å². The summed E-state index contributed by atoms with van der Waals surface area (Å²) < 4.78 is 21.0. The molecule has 1 rings (SSSR count). The summed E-state index contributed by atoms with van der Waals surface area (Å²) in [4.78, 5) is 0. The maximum absolute atomic E-state index is 5.62. The van der Waals surface area contributed by atoms with Crippen LogP contribution in [0.1, 0.15) is 5.56 Å². The lowest BCUT2D eigenvalue weighted by Gasteiger charge is -2.07.